The Morgan fingerprint density at radius 3 is 2.43 bits per heavy atom. The lowest BCUT2D eigenvalue weighted by Crippen LogP contribution is -2.29. The van der Waals surface area contributed by atoms with Gasteiger partial charge in [0.25, 0.3) is 0 Å². The first kappa shape index (κ1) is 18.8. The molecule has 0 radical (unpaired) electrons. The Kier molecular flexibility index (Phi) is 6.14. The van der Waals surface area contributed by atoms with E-state index in [1.54, 1.807) is 0 Å². The van der Waals surface area contributed by atoms with Crippen LogP contribution in [0.5, 0.6) is 0 Å². The van der Waals surface area contributed by atoms with E-state index >= 15 is 0 Å². The van der Waals surface area contributed by atoms with E-state index in [1.807, 2.05) is 30.3 Å². The van der Waals surface area contributed by atoms with Gasteiger partial charge in [-0.25, -0.2) is 4.98 Å². The third-order valence-corrected chi connectivity index (χ3v) is 5.86. The molecule has 4 nitrogen and oxygen atoms in total. The minimum atomic E-state index is -0.0219. The fraction of sp³-hybridized carbons (Fsp3) is 0.304. The number of thiazole rings is 1. The maximum atomic E-state index is 12.4. The molecule has 1 amide bonds. The third kappa shape index (κ3) is 5.06. The van der Waals surface area contributed by atoms with E-state index in [1.165, 1.54) is 36.2 Å². The highest BCUT2D eigenvalue weighted by Crippen LogP contribution is 2.21. The van der Waals surface area contributed by atoms with Gasteiger partial charge in [-0.15, -0.1) is 11.3 Å². The molecular weight excluding hydrogens is 366 g/mol. The number of benzene rings is 2. The number of rotatable bonds is 6. The summed E-state index contributed by atoms with van der Waals surface area (Å²) in [6.07, 6.45) is 4.24. The van der Waals surface area contributed by atoms with E-state index in [9.17, 15) is 4.79 Å². The number of hydrogen-bond donors (Lipinski definition) is 1. The fourth-order valence-electron chi connectivity index (χ4n) is 3.58. The molecule has 0 bridgehead atoms. The second-order valence-electron chi connectivity index (χ2n) is 7.27. The predicted molar refractivity (Wildman–Crippen MR) is 115 cm³/mol. The minimum absolute atomic E-state index is 0.0219. The van der Waals surface area contributed by atoms with Crippen LogP contribution in [0.1, 0.15) is 30.5 Å². The largest absolute Gasteiger partial charge is 0.302 e. The van der Waals surface area contributed by atoms with E-state index in [0.29, 0.717) is 11.6 Å². The summed E-state index contributed by atoms with van der Waals surface area (Å²) >= 11 is 1.51. The Balaban J connectivity index is 1.30. The first-order chi connectivity index (χ1) is 13.8. The molecule has 1 aromatic heterocycles. The van der Waals surface area contributed by atoms with E-state index in [4.69, 9.17) is 0 Å². The van der Waals surface area contributed by atoms with Crippen molar-refractivity contribution in [1.29, 1.82) is 0 Å². The number of nitrogens with one attached hydrogen (secondary N) is 1. The van der Waals surface area contributed by atoms with Crippen molar-refractivity contribution < 1.29 is 4.79 Å². The molecule has 4 rings (SSSR count). The summed E-state index contributed by atoms with van der Waals surface area (Å²) in [6.45, 7) is 3.18. The van der Waals surface area contributed by atoms with Gasteiger partial charge in [-0.2, -0.15) is 0 Å². The number of likely N-dealkylation sites (tertiary alicyclic amines) is 1. The van der Waals surface area contributed by atoms with Crippen LogP contribution in [0.3, 0.4) is 0 Å². The van der Waals surface area contributed by atoms with Gasteiger partial charge in [0, 0.05) is 11.9 Å². The molecule has 5 heteroatoms. The molecule has 0 saturated carbocycles. The summed E-state index contributed by atoms with van der Waals surface area (Å²) in [5.41, 5.74) is 4.39. The van der Waals surface area contributed by atoms with Crippen molar-refractivity contribution >= 4 is 22.4 Å². The van der Waals surface area contributed by atoms with Gasteiger partial charge in [-0.05, 0) is 42.6 Å². The van der Waals surface area contributed by atoms with Crippen LogP contribution in [0, 0.1) is 0 Å². The molecule has 2 heterocycles. The van der Waals surface area contributed by atoms with Crippen molar-refractivity contribution in [1.82, 2.24) is 9.88 Å². The zero-order valence-electron chi connectivity index (χ0n) is 15.9. The van der Waals surface area contributed by atoms with Gasteiger partial charge in [0.1, 0.15) is 0 Å². The Hall–Kier alpha value is -2.50. The molecule has 1 aliphatic rings. The average molecular weight is 392 g/mol. The highest BCUT2D eigenvalue weighted by molar-refractivity contribution is 7.13. The molecule has 0 spiro atoms. The maximum absolute atomic E-state index is 12.4. The summed E-state index contributed by atoms with van der Waals surface area (Å²) in [5, 5.41) is 5.69. The number of piperidine rings is 1. The van der Waals surface area contributed by atoms with Crippen LogP contribution < -0.4 is 5.32 Å². The van der Waals surface area contributed by atoms with Gasteiger partial charge in [-0.1, -0.05) is 61.0 Å². The van der Waals surface area contributed by atoms with Gasteiger partial charge in [0.05, 0.1) is 12.1 Å². The quantitative estimate of drug-likeness (QED) is 0.645. The first-order valence-corrected chi connectivity index (χ1v) is 10.8. The normalized spacial score (nSPS) is 14.7. The smallest absolute Gasteiger partial charge is 0.230 e. The van der Waals surface area contributed by atoms with E-state index in [2.05, 4.69) is 44.8 Å². The van der Waals surface area contributed by atoms with Crippen LogP contribution in [0.4, 0.5) is 5.13 Å². The second kappa shape index (κ2) is 9.13. The van der Waals surface area contributed by atoms with E-state index < -0.39 is 0 Å². The zero-order valence-corrected chi connectivity index (χ0v) is 16.8. The third-order valence-electron chi connectivity index (χ3n) is 5.06. The summed E-state index contributed by atoms with van der Waals surface area (Å²) in [4.78, 5) is 19.4. The van der Waals surface area contributed by atoms with Crippen molar-refractivity contribution in [2.45, 2.75) is 32.2 Å². The SMILES string of the molecule is O=C(Cc1ccc(-c2ccccc2)cc1)Nc1nc(CN2CCCCC2)cs1. The molecule has 1 saturated heterocycles. The van der Waals surface area contributed by atoms with Crippen molar-refractivity contribution in [2.75, 3.05) is 18.4 Å². The Labute approximate surface area is 170 Å². The molecule has 2 aromatic carbocycles. The van der Waals surface area contributed by atoms with Crippen molar-refractivity contribution in [3.05, 3.63) is 71.2 Å². The van der Waals surface area contributed by atoms with E-state index in [-0.39, 0.29) is 5.91 Å². The Morgan fingerprint density at radius 1 is 0.964 bits per heavy atom. The topological polar surface area (TPSA) is 45.2 Å². The zero-order chi connectivity index (χ0) is 19.2. The van der Waals surface area contributed by atoms with Crippen LogP contribution >= 0.6 is 11.3 Å². The van der Waals surface area contributed by atoms with E-state index in [0.717, 1.165) is 36.5 Å². The van der Waals surface area contributed by atoms with Gasteiger partial charge in [-0.3, -0.25) is 9.69 Å². The van der Waals surface area contributed by atoms with Crippen LogP contribution in [-0.2, 0) is 17.8 Å². The number of nitrogens with zero attached hydrogens (tertiary/aromatic N) is 2. The van der Waals surface area contributed by atoms with Crippen molar-refractivity contribution in [3.63, 3.8) is 0 Å². The number of aromatic nitrogens is 1. The lowest BCUT2D eigenvalue weighted by atomic mass is 10.0. The Bertz CT molecular complexity index is 899. The molecule has 1 fully saturated rings. The van der Waals surface area contributed by atoms with Gasteiger partial charge >= 0.3 is 0 Å². The highest BCUT2D eigenvalue weighted by Gasteiger charge is 2.13. The molecule has 3 aromatic rings. The summed E-state index contributed by atoms with van der Waals surface area (Å²) in [6, 6.07) is 18.4. The standard InChI is InChI=1S/C23H25N3OS/c27-22(15-18-9-11-20(12-10-18)19-7-3-1-4-8-19)25-23-24-21(17-28-23)16-26-13-5-2-6-14-26/h1,3-4,7-12,17H,2,5-6,13-16H2,(H,24,25,27). The lowest BCUT2D eigenvalue weighted by Gasteiger charge is -2.25. The van der Waals surface area contributed by atoms with Gasteiger partial charge in [0.15, 0.2) is 5.13 Å². The molecule has 0 unspecified atom stereocenters. The minimum Gasteiger partial charge on any atom is -0.302 e. The fourth-order valence-corrected chi connectivity index (χ4v) is 4.30. The van der Waals surface area contributed by atoms with Crippen LogP contribution in [0.25, 0.3) is 11.1 Å². The van der Waals surface area contributed by atoms with Gasteiger partial charge in [0.2, 0.25) is 5.91 Å². The summed E-state index contributed by atoms with van der Waals surface area (Å²) < 4.78 is 0. The highest BCUT2D eigenvalue weighted by atomic mass is 32.1. The Morgan fingerprint density at radius 2 is 1.68 bits per heavy atom. The van der Waals surface area contributed by atoms with Crippen LogP contribution in [-0.4, -0.2) is 28.9 Å². The number of carbonyl (C=O) groups is 1. The number of anilines is 1. The molecule has 1 aliphatic heterocycles. The number of hydrogen-bond acceptors (Lipinski definition) is 4. The molecule has 0 atom stereocenters. The number of amides is 1. The summed E-state index contributed by atoms with van der Waals surface area (Å²) in [7, 11) is 0. The molecular formula is C23H25N3OS. The summed E-state index contributed by atoms with van der Waals surface area (Å²) in [5.74, 6) is -0.0219. The molecule has 144 valence electrons. The molecule has 1 N–H and O–H groups in total. The lowest BCUT2D eigenvalue weighted by molar-refractivity contribution is -0.115. The molecule has 28 heavy (non-hydrogen) atoms. The monoisotopic (exact) mass is 391 g/mol. The molecule has 0 aliphatic carbocycles. The maximum Gasteiger partial charge on any atom is 0.230 e. The second-order valence-corrected chi connectivity index (χ2v) is 8.13. The van der Waals surface area contributed by atoms with Crippen LogP contribution in [0.15, 0.2) is 60.0 Å². The first-order valence-electron chi connectivity index (χ1n) is 9.87. The van der Waals surface area contributed by atoms with Gasteiger partial charge < -0.3 is 5.32 Å². The predicted octanol–water partition coefficient (Wildman–Crippen LogP) is 4.98. The number of carbonyl (C=O) groups excluding carboxylic acids is 1. The van der Waals surface area contributed by atoms with Crippen LogP contribution in [0.2, 0.25) is 0 Å². The van der Waals surface area contributed by atoms with Crippen molar-refractivity contribution in [3.8, 4) is 11.1 Å². The van der Waals surface area contributed by atoms with Crippen molar-refractivity contribution in [2.24, 2.45) is 0 Å². The average Bonchev–Trinajstić information content (AvgIpc) is 3.16.